The highest BCUT2D eigenvalue weighted by Crippen LogP contribution is 2.25. The first kappa shape index (κ1) is 15.2. The Morgan fingerprint density at radius 2 is 1.85 bits per heavy atom. The van der Waals surface area contributed by atoms with Gasteiger partial charge < -0.3 is 15.0 Å². The molecule has 3 heteroatoms. The van der Waals surface area contributed by atoms with Crippen LogP contribution in [0, 0.1) is 0 Å². The van der Waals surface area contributed by atoms with Crippen molar-refractivity contribution in [1.82, 2.24) is 0 Å². The third-order valence-electron chi connectivity index (χ3n) is 4.33. The third kappa shape index (κ3) is 3.89. The van der Waals surface area contributed by atoms with Crippen LogP contribution in [0.5, 0.6) is 0 Å². The summed E-state index contributed by atoms with van der Waals surface area (Å²) in [4.78, 5) is 2.37. The summed E-state index contributed by atoms with van der Waals surface area (Å²) in [7, 11) is 1.83. The summed E-state index contributed by atoms with van der Waals surface area (Å²) in [6.07, 6.45) is 5.26. The summed E-state index contributed by atoms with van der Waals surface area (Å²) >= 11 is 0. The molecule has 2 rings (SSSR count). The molecule has 2 unspecified atom stereocenters. The highest BCUT2D eigenvalue weighted by molar-refractivity contribution is 5.55. The second-order valence-corrected chi connectivity index (χ2v) is 5.58. The molecular weight excluding hydrogens is 248 g/mol. The molecule has 0 bridgehead atoms. The number of nitrogens with zero attached hydrogens (tertiary/aromatic N) is 1. The Morgan fingerprint density at radius 3 is 2.45 bits per heavy atom. The van der Waals surface area contributed by atoms with E-state index in [1.807, 2.05) is 7.11 Å². The Labute approximate surface area is 123 Å². The molecule has 0 radical (unpaired) electrons. The van der Waals surface area contributed by atoms with Gasteiger partial charge in [0.05, 0.1) is 6.10 Å². The second kappa shape index (κ2) is 7.53. The van der Waals surface area contributed by atoms with Gasteiger partial charge in [-0.15, -0.1) is 0 Å². The van der Waals surface area contributed by atoms with E-state index in [4.69, 9.17) is 4.74 Å². The van der Waals surface area contributed by atoms with Crippen LogP contribution in [-0.4, -0.2) is 32.3 Å². The van der Waals surface area contributed by atoms with Crippen molar-refractivity contribution in [2.24, 2.45) is 0 Å². The molecule has 1 N–H and O–H groups in total. The van der Waals surface area contributed by atoms with Crippen molar-refractivity contribution in [2.75, 3.05) is 30.4 Å². The summed E-state index contributed by atoms with van der Waals surface area (Å²) in [5.74, 6) is 0. The molecule has 1 aliphatic carbocycles. The lowest BCUT2D eigenvalue weighted by molar-refractivity contribution is 0.0669. The average molecular weight is 276 g/mol. The van der Waals surface area contributed by atoms with Crippen molar-refractivity contribution in [3.63, 3.8) is 0 Å². The van der Waals surface area contributed by atoms with E-state index in [9.17, 15) is 0 Å². The molecule has 1 aromatic carbocycles. The Balaban J connectivity index is 1.93. The van der Waals surface area contributed by atoms with Gasteiger partial charge in [-0.2, -0.15) is 0 Å². The highest BCUT2D eigenvalue weighted by atomic mass is 16.5. The van der Waals surface area contributed by atoms with Gasteiger partial charge in [-0.25, -0.2) is 0 Å². The van der Waals surface area contributed by atoms with Crippen molar-refractivity contribution >= 4 is 11.4 Å². The van der Waals surface area contributed by atoms with Gasteiger partial charge in [-0.1, -0.05) is 0 Å². The molecule has 3 nitrogen and oxygen atoms in total. The number of nitrogens with one attached hydrogen (secondary N) is 1. The predicted octanol–water partition coefficient (Wildman–Crippen LogP) is 3.90. The topological polar surface area (TPSA) is 24.5 Å². The van der Waals surface area contributed by atoms with Crippen LogP contribution in [0.15, 0.2) is 24.3 Å². The molecule has 1 aliphatic rings. The van der Waals surface area contributed by atoms with E-state index < -0.39 is 0 Å². The summed E-state index contributed by atoms with van der Waals surface area (Å²) in [6, 6.07) is 9.37. The molecule has 0 amide bonds. The van der Waals surface area contributed by atoms with Gasteiger partial charge in [-0.3, -0.25) is 0 Å². The minimum Gasteiger partial charge on any atom is -0.382 e. The van der Waals surface area contributed by atoms with Gasteiger partial charge in [0.1, 0.15) is 0 Å². The summed E-state index contributed by atoms with van der Waals surface area (Å²) in [5.41, 5.74) is 2.53. The smallest absolute Gasteiger partial charge is 0.0590 e. The van der Waals surface area contributed by atoms with Crippen molar-refractivity contribution in [2.45, 2.75) is 51.7 Å². The zero-order chi connectivity index (χ0) is 14.4. The van der Waals surface area contributed by atoms with Gasteiger partial charge in [0, 0.05) is 37.6 Å². The van der Waals surface area contributed by atoms with E-state index in [2.05, 4.69) is 48.3 Å². The SMILES string of the molecule is CCN(CC)c1ccc(NC2CCCC(OC)C2)cc1. The van der Waals surface area contributed by atoms with Crippen LogP contribution in [0.1, 0.15) is 39.5 Å². The van der Waals surface area contributed by atoms with Crippen molar-refractivity contribution < 1.29 is 4.74 Å². The Bertz CT molecular complexity index is 386. The van der Waals surface area contributed by atoms with Crippen molar-refractivity contribution in [3.05, 3.63) is 24.3 Å². The van der Waals surface area contributed by atoms with E-state index in [0.29, 0.717) is 12.1 Å². The molecular formula is C17H28N2O. The first-order valence-electron chi connectivity index (χ1n) is 7.91. The Hall–Kier alpha value is -1.22. The molecule has 112 valence electrons. The van der Waals surface area contributed by atoms with E-state index in [1.54, 1.807) is 0 Å². The van der Waals surface area contributed by atoms with Gasteiger partial charge >= 0.3 is 0 Å². The molecule has 1 saturated carbocycles. The Kier molecular flexibility index (Phi) is 5.72. The second-order valence-electron chi connectivity index (χ2n) is 5.58. The van der Waals surface area contributed by atoms with Crippen LogP contribution >= 0.6 is 0 Å². The van der Waals surface area contributed by atoms with Crippen LogP contribution < -0.4 is 10.2 Å². The van der Waals surface area contributed by atoms with Crippen LogP contribution in [0.3, 0.4) is 0 Å². The molecule has 2 atom stereocenters. The maximum absolute atomic E-state index is 5.49. The summed E-state index contributed by atoms with van der Waals surface area (Å²) < 4.78 is 5.49. The number of ether oxygens (including phenoxy) is 1. The number of rotatable bonds is 6. The fourth-order valence-corrected chi connectivity index (χ4v) is 3.08. The van der Waals surface area contributed by atoms with E-state index in [1.165, 1.54) is 30.6 Å². The zero-order valence-electron chi connectivity index (χ0n) is 13.1. The molecule has 1 aromatic rings. The molecule has 0 aliphatic heterocycles. The molecule has 0 saturated heterocycles. The first-order valence-corrected chi connectivity index (χ1v) is 7.91. The lowest BCUT2D eigenvalue weighted by Crippen LogP contribution is -2.31. The fraction of sp³-hybridized carbons (Fsp3) is 0.647. The first-order chi connectivity index (χ1) is 9.76. The highest BCUT2D eigenvalue weighted by Gasteiger charge is 2.21. The maximum atomic E-state index is 5.49. The average Bonchev–Trinajstić information content (AvgIpc) is 2.50. The lowest BCUT2D eigenvalue weighted by Gasteiger charge is -2.29. The normalized spacial score (nSPS) is 22.6. The van der Waals surface area contributed by atoms with Crippen LogP contribution in [-0.2, 0) is 4.74 Å². The predicted molar refractivity (Wildman–Crippen MR) is 86.7 cm³/mol. The molecule has 0 spiro atoms. The van der Waals surface area contributed by atoms with Crippen LogP contribution in [0.25, 0.3) is 0 Å². The number of anilines is 2. The molecule has 1 fully saturated rings. The van der Waals surface area contributed by atoms with Gasteiger partial charge in [-0.05, 0) is 63.8 Å². The number of benzene rings is 1. The molecule has 20 heavy (non-hydrogen) atoms. The van der Waals surface area contributed by atoms with E-state index in [0.717, 1.165) is 19.5 Å². The van der Waals surface area contributed by atoms with Crippen molar-refractivity contribution in [3.8, 4) is 0 Å². The quantitative estimate of drug-likeness (QED) is 0.852. The van der Waals surface area contributed by atoms with Gasteiger partial charge in [0.25, 0.3) is 0 Å². The molecule has 0 aromatic heterocycles. The minimum atomic E-state index is 0.427. The van der Waals surface area contributed by atoms with Gasteiger partial charge in [0.2, 0.25) is 0 Å². The number of hydrogen-bond donors (Lipinski definition) is 1. The number of hydrogen-bond acceptors (Lipinski definition) is 3. The zero-order valence-corrected chi connectivity index (χ0v) is 13.1. The largest absolute Gasteiger partial charge is 0.382 e. The lowest BCUT2D eigenvalue weighted by atomic mass is 9.92. The van der Waals surface area contributed by atoms with Gasteiger partial charge in [0.15, 0.2) is 0 Å². The van der Waals surface area contributed by atoms with Crippen LogP contribution in [0.2, 0.25) is 0 Å². The minimum absolute atomic E-state index is 0.427. The third-order valence-corrected chi connectivity index (χ3v) is 4.33. The van der Waals surface area contributed by atoms with E-state index >= 15 is 0 Å². The fourth-order valence-electron chi connectivity index (χ4n) is 3.08. The molecule has 0 heterocycles. The maximum Gasteiger partial charge on any atom is 0.0590 e. The monoisotopic (exact) mass is 276 g/mol. The van der Waals surface area contributed by atoms with Crippen molar-refractivity contribution in [1.29, 1.82) is 0 Å². The summed E-state index contributed by atoms with van der Waals surface area (Å²) in [6.45, 7) is 6.51. The van der Waals surface area contributed by atoms with E-state index in [-0.39, 0.29) is 0 Å². The standard InChI is InChI=1S/C17H28N2O/c1-4-19(5-2)16-11-9-14(10-12-16)18-15-7-6-8-17(13-15)20-3/h9-12,15,17-18H,4-8,13H2,1-3H3. The number of methoxy groups -OCH3 is 1. The Morgan fingerprint density at radius 1 is 1.15 bits per heavy atom. The summed E-state index contributed by atoms with van der Waals surface area (Å²) in [5, 5.41) is 3.65. The van der Waals surface area contributed by atoms with Crippen LogP contribution in [0.4, 0.5) is 11.4 Å².